The molecule has 0 saturated heterocycles. The fraction of sp³-hybridized carbons (Fsp3) is 0.286. The Bertz CT molecular complexity index is 237. The topological polar surface area (TPSA) is 28.2 Å². The largest absolute Gasteiger partial charge is 0.361 e. The van der Waals surface area contributed by atoms with Crippen LogP contribution >= 0.6 is 22.9 Å². The molecule has 60 valence electrons. The Morgan fingerprint density at radius 3 is 2.73 bits per heavy atom. The van der Waals surface area contributed by atoms with E-state index in [-0.39, 0.29) is 0 Å². The summed E-state index contributed by atoms with van der Waals surface area (Å²) >= 11 is 2.10. The van der Waals surface area contributed by atoms with E-state index in [2.05, 4.69) is 31.4 Å². The first-order chi connectivity index (χ1) is 5.25. The molecule has 11 heavy (non-hydrogen) atoms. The highest BCUT2D eigenvalue weighted by Gasteiger charge is 2.01. The summed E-state index contributed by atoms with van der Waals surface area (Å²) in [7, 11) is 3.94. The first-order valence-corrected chi connectivity index (χ1v) is 4.32. The third-order valence-corrected chi connectivity index (χ3v) is 1.89. The molecule has 0 aliphatic rings. The van der Waals surface area contributed by atoms with Gasteiger partial charge in [0.25, 0.3) is 0 Å². The predicted molar refractivity (Wildman–Crippen MR) is 56.2 cm³/mol. The standard InChI is InChI=1S/C7H10IN3/c1-11(2)7-6(10-8)4-3-5-9-7/h3-5,10H,1-2H3. The van der Waals surface area contributed by atoms with Crippen molar-refractivity contribution in [2.24, 2.45) is 0 Å². The van der Waals surface area contributed by atoms with Gasteiger partial charge in [0, 0.05) is 20.3 Å². The van der Waals surface area contributed by atoms with Crippen LogP contribution in [-0.4, -0.2) is 19.1 Å². The molecule has 1 heterocycles. The van der Waals surface area contributed by atoms with Crippen LogP contribution in [0, 0.1) is 0 Å². The predicted octanol–water partition coefficient (Wildman–Crippen LogP) is 1.91. The van der Waals surface area contributed by atoms with Gasteiger partial charge in [0.05, 0.1) is 28.6 Å². The van der Waals surface area contributed by atoms with Gasteiger partial charge in [0.1, 0.15) is 0 Å². The van der Waals surface area contributed by atoms with Crippen LogP contribution in [0.15, 0.2) is 18.3 Å². The van der Waals surface area contributed by atoms with Crippen LogP contribution in [0.25, 0.3) is 0 Å². The number of rotatable bonds is 2. The zero-order valence-electron chi connectivity index (χ0n) is 6.50. The van der Waals surface area contributed by atoms with Gasteiger partial charge in [0.15, 0.2) is 5.82 Å². The monoisotopic (exact) mass is 263 g/mol. The molecule has 0 aliphatic carbocycles. The van der Waals surface area contributed by atoms with Crippen molar-refractivity contribution in [1.82, 2.24) is 4.98 Å². The molecule has 1 rings (SSSR count). The average molecular weight is 263 g/mol. The number of hydrogen-bond donors (Lipinski definition) is 1. The van der Waals surface area contributed by atoms with E-state index in [1.54, 1.807) is 6.20 Å². The Morgan fingerprint density at radius 2 is 2.27 bits per heavy atom. The molecule has 0 amide bonds. The van der Waals surface area contributed by atoms with Gasteiger partial charge < -0.3 is 8.43 Å². The lowest BCUT2D eigenvalue weighted by Gasteiger charge is -2.13. The molecule has 0 spiro atoms. The molecule has 0 radical (unpaired) electrons. The number of hydrogen-bond acceptors (Lipinski definition) is 3. The summed E-state index contributed by atoms with van der Waals surface area (Å²) in [5, 5.41) is 0. The second-order valence-electron chi connectivity index (χ2n) is 2.36. The fourth-order valence-corrected chi connectivity index (χ4v) is 1.25. The van der Waals surface area contributed by atoms with Crippen molar-refractivity contribution in [3.63, 3.8) is 0 Å². The molecule has 1 aromatic heterocycles. The lowest BCUT2D eigenvalue weighted by Crippen LogP contribution is -2.11. The second kappa shape index (κ2) is 3.75. The summed E-state index contributed by atoms with van der Waals surface area (Å²) in [5.41, 5.74) is 1.04. The van der Waals surface area contributed by atoms with E-state index in [9.17, 15) is 0 Å². The summed E-state index contributed by atoms with van der Waals surface area (Å²) in [5.74, 6) is 0.960. The number of pyridine rings is 1. The van der Waals surface area contributed by atoms with Crippen LogP contribution in [0.2, 0.25) is 0 Å². The minimum Gasteiger partial charge on any atom is -0.361 e. The van der Waals surface area contributed by atoms with Gasteiger partial charge in [-0.2, -0.15) is 0 Å². The first kappa shape index (κ1) is 8.58. The second-order valence-corrected chi connectivity index (χ2v) is 2.90. The van der Waals surface area contributed by atoms with Gasteiger partial charge in [0.2, 0.25) is 0 Å². The van der Waals surface area contributed by atoms with Gasteiger partial charge in [-0.05, 0) is 12.1 Å². The maximum atomic E-state index is 4.21. The lowest BCUT2D eigenvalue weighted by molar-refractivity contribution is 1.07. The molecule has 0 saturated carbocycles. The zero-order chi connectivity index (χ0) is 8.27. The van der Waals surface area contributed by atoms with E-state index in [4.69, 9.17) is 0 Å². The summed E-state index contributed by atoms with van der Waals surface area (Å²) in [6, 6.07) is 3.91. The number of nitrogens with one attached hydrogen (secondary N) is 1. The van der Waals surface area contributed by atoms with E-state index < -0.39 is 0 Å². The Balaban J connectivity index is 3.02. The fourth-order valence-electron chi connectivity index (χ4n) is 0.827. The van der Waals surface area contributed by atoms with Crippen molar-refractivity contribution in [2.45, 2.75) is 0 Å². The summed E-state index contributed by atoms with van der Waals surface area (Å²) in [6.45, 7) is 0. The molecule has 1 aromatic rings. The maximum absolute atomic E-state index is 4.21. The normalized spacial score (nSPS) is 9.36. The molecule has 0 fully saturated rings. The van der Waals surface area contributed by atoms with Crippen molar-refractivity contribution in [3.8, 4) is 0 Å². The van der Waals surface area contributed by atoms with Crippen molar-refractivity contribution in [2.75, 3.05) is 22.5 Å². The molecule has 3 nitrogen and oxygen atoms in total. The quantitative estimate of drug-likeness (QED) is 0.652. The zero-order valence-corrected chi connectivity index (χ0v) is 8.66. The summed E-state index contributed by atoms with van der Waals surface area (Å²) in [4.78, 5) is 6.18. The van der Waals surface area contributed by atoms with E-state index in [0.29, 0.717) is 0 Å². The van der Waals surface area contributed by atoms with Crippen LogP contribution in [0.1, 0.15) is 0 Å². The van der Waals surface area contributed by atoms with Crippen LogP contribution in [0.3, 0.4) is 0 Å². The van der Waals surface area contributed by atoms with E-state index >= 15 is 0 Å². The minimum atomic E-state index is 0.960. The van der Waals surface area contributed by atoms with Crippen molar-refractivity contribution in [1.29, 1.82) is 0 Å². The van der Waals surface area contributed by atoms with Gasteiger partial charge in [-0.15, -0.1) is 0 Å². The first-order valence-electron chi connectivity index (χ1n) is 3.24. The minimum absolute atomic E-state index is 0.960. The summed E-state index contributed by atoms with van der Waals surface area (Å²) in [6.07, 6.45) is 1.78. The molecule has 4 heteroatoms. The molecular formula is C7H10IN3. The highest BCUT2D eigenvalue weighted by atomic mass is 127. The average Bonchev–Trinajstić information content (AvgIpc) is 2.04. The van der Waals surface area contributed by atoms with Gasteiger partial charge >= 0.3 is 0 Å². The molecule has 1 N–H and O–H groups in total. The van der Waals surface area contributed by atoms with Crippen molar-refractivity contribution >= 4 is 34.4 Å². The number of anilines is 2. The highest BCUT2D eigenvalue weighted by molar-refractivity contribution is 14.1. The molecule has 0 atom stereocenters. The molecular weight excluding hydrogens is 253 g/mol. The maximum Gasteiger partial charge on any atom is 0.152 e. The Kier molecular flexibility index (Phi) is 2.92. The molecule has 0 bridgehead atoms. The lowest BCUT2D eigenvalue weighted by atomic mass is 10.4. The van der Waals surface area contributed by atoms with E-state index in [1.165, 1.54) is 0 Å². The third kappa shape index (κ3) is 1.95. The number of halogens is 1. The van der Waals surface area contributed by atoms with Crippen LogP contribution in [0.4, 0.5) is 11.5 Å². The van der Waals surface area contributed by atoms with E-state index in [0.717, 1.165) is 11.5 Å². The number of nitrogens with zero attached hydrogens (tertiary/aromatic N) is 2. The Labute approximate surface area is 80.3 Å². The van der Waals surface area contributed by atoms with E-state index in [1.807, 2.05) is 31.1 Å². The number of aromatic nitrogens is 1. The van der Waals surface area contributed by atoms with Crippen LogP contribution in [0.5, 0.6) is 0 Å². The Hall–Kier alpha value is -0.520. The smallest absolute Gasteiger partial charge is 0.152 e. The molecule has 0 aliphatic heterocycles. The van der Waals surface area contributed by atoms with Gasteiger partial charge in [-0.3, -0.25) is 0 Å². The SMILES string of the molecule is CN(C)c1ncccc1NI. The van der Waals surface area contributed by atoms with Crippen molar-refractivity contribution < 1.29 is 0 Å². The van der Waals surface area contributed by atoms with Crippen LogP contribution in [-0.2, 0) is 0 Å². The van der Waals surface area contributed by atoms with Gasteiger partial charge in [-0.1, -0.05) is 0 Å². The molecule has 0 aromatic carbocycles. The summed E-state index contributed by atoms with van der Waals surface area (Å²) < 4.78 is 3.04. The van der Waals surface area contributed by atoms with Crippen LogP contribution < -0.4 is 8.43 Å². The highest BCUT2D eigenvalue weighted by Crippen LogP contribution is 2.21. The third-order valence-electron chi connectivity index (χ3n) is 1.31. The Morgan fingerprint density at radius 1 is 1.55 bits per heavy atom. The molecule has 0 unspecified atom stereocenters. The van der Waals surface area contributed by atoms with Crippen molar-refractivity contribution in [3.05, 3.63) is 18.3 Å². The van der Waals surface area contributed by atoms with Gasteiger partial charge in [-0.25, -0.2) is 4.98 Å².